The first-order chi connectivity index (χ1) is 9.76. The fourth-order valence-electron chi connectivity index (χ4n) is 1.58. The Morgan fingerprint density at radius 3 is 2.48 bits per heavy atom. The van der Waals surface area contributed by atoms with Gasteiger partial charge in [-0.15, -0.1) is 0 Å². The second-order valence-corrected chi connectivity index (χ2v) is 5.33. The van der Waals surface area contributed by atoms with E-state index in [1.54, 1.807) is 0 Å². The second kappa shape index (κ2) is 7.38. The van der Waals surface area contributed by atoms with Gasteiger partial charge in [-0.3, -0.25) is 4.79 Å². The predicted molar refractivity (Wildman–Crippen MR) is 81.5 cm³/mol. The lowest BCUT2D eigenvalue weighted by Crippen LogP contribution is -2.36. The molecule has 2 N–H and O–H groups in total. The zero-order valence-corrected chi connectivity index (χ0v) is 13.3. The molecule has 0 spiro atoms. The summed E-state index contributed by atoms with van der Waals surface area (Å²) < 4.78 is 5.11. The topological polar surface area (TPSA) is 78.9 Å². The number of carbonyl (C=O) groups is 2. The Morgan fingerprint density at radius 1 is 1.38 bits per heavy atom. The van der Waals surface area contributed by atoms with E-state index >= 15 is 0 Å². The van der Waals surface area contributed by atoms with Gasteiger partial charge in [0, 0.05) is 19.7 Å². The zero-order chi connectivity index (χ0) is 16.2. The van der Waals surface area contributed by atoms with E-state index in [2.05, 4.69) is 5.32 Å². The van der Waals surface area contributed by atoms with Crippen LogP contribution in [-0.4, -0.2) is 42.7 Å². The third-order valence-corrected chi connectivity index (χ3v) is 3.52. The molecule has 2 amide bonds. The maximum absolute atomic E-state index is 12.0. The highest BCUT2D eigenvalue weighted by molar-refractivity contribution is 6.42. The number of amides is 2. The van der Waals surface area contributed by atoms with Crippen LogP contribution in [0.2, 0.25) is 10.0 Å². The Balaban J connectivity index is 2.83. The summed E-state index contributed by atoms with van der Waals surface area (Å²) in [5.74, 6) is -1.28. The lowest BCUT2D eigenvalue weighted by Gasteiger charge is -2.21. The number of ether oxygens (including phenoxy) is 1. The molecule has 0 saturated carbocycles. The number of methoxy groups -OCH3 is 1. The number of rotatable bonds is 5. The van der Waals surface area contributed by atoms with Crippen molar-refractivity contribution in [2.75, 3.05) is 26.0 Å². The van der Waals surface area contributed by atoms with Crippen molar-refractivity contribution in [3.05, 3.63) is 22.2 Å². The Morgan fingerprint density at radius 2 is 1.95 bits per heavy atom. The monoisotopic (exact) mass is 334 g/mol. The van der Waals surface area contributed by atoms with Crippen LogP contribution < -0.4 is 10.1 Å². The van der Waals surface area contributed by atoms with Crippen LogP contribution in [-0.2, 0) is 4.79 Å². The maximum Gasteiger partial charge on any atom is 0.321 e. The number of benzene rings is 1. The first-order valence-corrected chi connectivity index (χ1v) is 6.79. The van der Waals surface area contributed by atoms with Crippen molar-refractivity contribution in [1.29, 1.82) is 0 Å². The highest BCUT2D eigenvalue weighted by Crippen LogP contribution is 2.34. The van der Waals surface area contributed by atoms with E-state index in [-0.39, 0.29) is 11.6 Å². The van der Waals surface area contributed by atoms with Gasteiger partial charge in [-0.2, -0.15) is 0 Å². The number of hydrogen-bond donors (Lipinski definition) is 2. The Hall–Kier alpha value is -1.66. The summed E-state index contributed by atoms with van der Waals surface area (Å²) in [5.41, 5.74) is 0.353. The molecule has 0 radical (unpaired) electrons. The van der Waals surface area contributed by atoms with Crippen LogP contribution in [0.4, 0.5) is 10.5 Å². The Bertz CT molecular complexity index is 551. The Labute approximate surface area is 132 Å². The molecule has 0 aliphatic heterocycles. The van der Waals surface area contributed by atoms with Gasteiger partial charge in [0.25, 0.3) is 0 Å². The summed E-state index contributed by atoms with van der Waals surface area (Å²) in [7, 11) is 2.93. The minimum atomic E-state index is -0.971. The number of urea groups is 1. The van der Waals surface area contributed by atoms with E-state index < -0.39 is 17.9 Å². The summed E-state index contributed by atoms with van der Waals surface area (Å²) in [5, 5.41) is 12.0. The van der Waals surface area contributed by atoms with Gasteiger partial charge in [0.05, 0.1) is 28.8 Å². The first kappa shape index (κ1) is 17.4. The van der Waals surface area contributed by atoms with E-state index in [0.717, 1.165) is 0 Å². The molecule has 1 rings (SSSR count). The predicted octanol–water partition coefficient (Wildman–Crippen LogP) is 3.19. The number of carbonyl (C=O) groups excluding carboxylic acids is 1. The average Bonchev–Trinajstić information content (AvgIpc) is 2.42. The van der Waals surface area contributed by atoms with Gasteiger partial charge in [-0.25, -0.2) is 4.79 Å². The third-order valence-electron chi connectivity index (χ3n) is 2.80. The number of anilines is 1. The molecule has 0 heterocycles. The van der Waals surface area contributed by atoms with E-state index in [0.29, 0.717) is 16.5 Å². The van der Waals surface area contributed by atoms with Crippen LogP contribution in [0, 0.1) is 5.92 Å². The molecular formula is C13H16Cl2N2O4. The second-order valence-electron chi connectivity index (χ2n) is 4.52. The molecule has 116 valence electrons. The molecule has 21 heavy (non-hydrogen) atoms. The van der Waals surface area contributed by atoms with Crippen molar-refractivity contribution in [2.45, 2.75) is 6.92 Å². The van der Waals surface area contributed by atoms with Crippen molar-refractivity contribution in [3.63, 3.8) is 0 Å². The quantitative estimate of drug-likeness (QED) is 0.866. The molecular weight excluding hydrogens is 319 g/mol. The van der Waals surface area contributed by atoms with Crippen molar-refractivity contribution in [1.82, 2.24) is 4.90 Å². The minimum absolute atomic E-state index is 0.0742. The number of nitrogens with one attached hydrogen (secondary N) is 1. The van der Waals surface area contributed by atoms with Crippen LogP contribution in [0.15, 0.2) is 12.1 Å². The van der Waals surface area contributed by atoms with E-state index in [4.69, 9.17) is 33.0 Å². The summed E-state index contributed by atoms with van der Waals surface area (Å²) in [6.45, 7) is 1.59. The number of carboxylic acids is 1. The van der Waals surface area contributed by atoms with Gasteiger partial charge < -0.3 is 20.1 Å². The fraction of sp³-hybridized carbons (Fsp3) is 0.385. The summed E-state index contributed by atoms with van der Waals surface area (Å²) >= 11 is 11.8. The van der Waals surface area contributed by atoms with Crippen molar-refractivity contribution >= 4 is 40.9 Å². The molecule has 1 aromatic rings. The minimum Gasteiger partial charge on any atom is -0.495 e. The van der Waals surface area contributed by atoms with Gasteiger partial charge in [0.2, 0.25) is 0 Å². The number of nitrogens with zero attached hydrogens (tertiary/aromatic N) is 1. The van der Waals surface area contributed by atoms with Crippen LogP contribution in [0.25, 0.3) is 0 Å². The third kappa shape index (κ3) is 4.68. The Kier molecular flexibility index (Phi) is 6.11. The molecule has 1 unspecified atom stereocenters. The summed E-state index contributed by atoms with van der Waals surface area (Å²) in [6.07, 6.45) is 0. The van der Waals surface area contributed by atoms with Crippen molar-refractivity contribution < 1.29 is 19.4 Å². The number of aliphatic carboxylic acids is 1. The van der Waals surface area contributed by atoms with E-state index in [9.17, 15) is 9.59 Å². The molecule has 0 fully saturated rings. The first-order valence-electron chi connectivity index (χ1n) is 6.04. The van der Waals surface area contributed by atoms with Gasteiger partial charge in [0.1, 0.15) is 5.75 Å². The van der Waals surface area contributed by atoms with Gasteiger partial charge in [-0.1, -0.05) is 30.1 Å². The van der Waals surface area contributed by atoms with Crippen LogP contribution in [0.1, 0.15) is 6.92 Å². The SMILES string of the molecule is COc1cc(Cl)c(Cl)cc1NC(=O)N(C)CC(C)C(=O)O. The van der Waals surface area contributed by atoms with Crippen LogP contribution in [0.3, 0.4) is 0 Å². The standard InChI is InChI=1S/C13H16Cl2N2O4/c1-7(12(18)19)6-17(2)13(20)16-10-4-8(14)9(15)5-11(10)21-3/h4-5,7H,6H2,1-3H3,(H,16,20)(H,18,19). The average molecular weight is 335 g/mol. The highest BCUT2D eigenvalue weighted by Gasteiger charge is 2.19. The zero-order valence-electron chi connectivity index (χ0n) is 11.8. The van der Waals surface area contributed by atoms with Gasteiger partial charge >= 0.3 is 12.0 Å². The molecule has 8 heteroatoms. The normalized spacial score (nSPS) is 11.7. The molecule has 0 aromatic heterocycles. The summed E-state index contributed by atoms with van der Waals surface area (Å²) in [4.78, 5) is 24.1. The van der Waals surface area contributed by atoms with E-state index in [1.807, 2.05) is 0 Å². The molecule has 0 bridgehead atoms. The van der Waals surface area contributed by atoms with Crippen molar-refractivity contribution in [3.8, 4) is 5.75 Å². The lowest BCUT2D eigenvalue weighted by atomic mass is 10.2. The molecule has 0 aliphatic carbocycles. The lowest BCUT2D eigenvalue weighted by molar-refractivity contribution is -0.141. The van der Waals surface area contributed by atoms with E-state index in [1.165, 1.54) is 38.1 Å². The smallest absolute Gasteiger partial charge is 0.321 e. The van der Waals surface area contributed by atoms with Gasteiger partial charge in [-0.05, 0) is 6.07 Å². The molecule has 6 nitrogen and oxygen atoms in total. The number of carboxylic acid groups (broad SMARTS) is 1. The van der Waals surface area contributed by atoms with Gasteiger partial charge in [0.15, 0.2) is 0 Å². The highest BCUT2D eigenvalue weighted by atomic mass is 35.5. The van der Waals surface area contributed by atoms with Crippen molar-refractivity contribution in [2.24, 2.45) is 5.92 Å². The van der Waals surface area contributed by atoms with Crippen LogP contribution in [0.5, 0.6) is 5.75 Å². The molecule has 0 aliphatic rings. The number of hydrogen-bond acceptors (Lipinski definition) is 3. The van der Waals surface area contributed by atoms with Crippen LogP contribution >= 0.6 is 23.2 Å². The molecule has 0 saturated heterocycles. The molecule has 1 atom stereocenters. The largest absolute Gasteiger partial charge is 0.495 e. The maximum atomic E-state index is 12.0. The number of halogens is 2. The fourth-order valence-corrected chi connectivity index (χ4v) is 1.89. The summed E-state index contributed by atoms with van der Waals surface area (Å²) in [6, 6.07) is 2.48. The molecule has 1 aromatic carbocycles.